The van der Waals surface area contributed by atoms with E-state index in [2.05, 4.69) is 18.9 Å². The molecule has 0 spiro atoms. The summed E-state index contributed by atoms with van der Waals surface area (Å²) in [5.41, 5.74) is 0. The summed E-state index contributed by atoms with van der Waals surface area (Å²) in [7, 11) is 2.29. The molecule has 20 heavy (non-hydrogen) atoms. The Balaban J connectivity index is 0.000000511. The summed E-state index contributed by atoms with van der Waals surface area (Å²) in [6.07, 6.45) is 7.19. The van der Waals surface area contributed by atoms with Crippen molar-refractivity contribution < 1.29 is 19.9 Å². The van der Waals surface area contributed by atoms with Gasteiger partial charge in [-0.15, -0.1) is 0 Å². The van der Waals surface area contributed by atoms with E-state index >= 15 is 0 Å². The lowest BCUT2D eigenvalue weighted by molar-refractivity contribution is -0.871. The molecule has 0 saturated carbocycles. The monoisotopic (exact) mass is 288 g/mol. The van der Waals surface area contributed by atoms with E-state index in [0.717, 1.165) is 6.92 Å². The van der Waals surface area contributed by atoms with Crippen LogP contribution in [0.2, 0.25) is 0 Å². The second-order valence-corrected chi connectivity index (χ2v) is 5.75. The van der Waals surface area contributed by atoms with Crippen LogP contribution in [0, 0.1) is 0 Å². The van der Waals surface area contributed by atoms with Crippen molar-refractivity contribution in [3.05, 3.63) is 0 Å². The highest BCUT2D eigenvalue weighted by atomic mass is 16.4. The lowest BCUT2D eigenvalue weighted by atomic mass is 10.1. The standard InChI is InChI=1S/C12H26N2.C3H6O3/c1-3-4-5-6-7-8-9-14-11-10-13(2)12-14;1-2(4)3(5)6/h3-12H2,1-2H3;2,4H,1H3,(H,5,6). The molecule has 0 aromatic heterocycles. The first-order valence-corrected chi connectivity index (χ1v) is 7.90. The molecule has 0 radical (unpaired) electrons. The molecule has 1 heterocycles. The molecule has 2 N–H and O–H groups in total. The average Bonchev–Trinajstić information content (AvgIpc) is 2.80. The number of hydrogen-bond acceptors (Lipinski definition) is 4. The van der Waals surface area contributed by atoms with Crippen LogP contribution in [0.25, 0.3) is 0 Å². The Hall–Kier alpha value is -0.650. The van der Waals surface area contributed by atoms with E-state index in [0.29, 0.717) is 0 Å². The number of likely N-dealkylation sites (N-methyl/N-ethyl adjacent to an activating group) is 1. The van der Waals surface area contributed by atoms with Crippen molar-refractivity contribution in [2.45, 2.75) is 58.5 Å². The Labute approximate surface area is 123 Å². The van der Waals surface area contributed by atoms with Crippen molar-refractivity contribution in [1.29, 1.82) is 0 Å². The number of carboxylic acids is 1. The Bertz CT molecular complexity index is 247. The van der Waals surface area contributed by atoms with Gasteiger partial charge in [0.05, 0.1) is 32.2 Å². The quantitative estimate of drug-likeness (QED) is 0.577. The first-order valence-electron chi connectivity index (χ1n) is 7.90. The fraction of sp³-hybridized carbons (Fsp3) is 0.933. The summed E-state index contributed by atoms with van der Waals surface area (Å²) < 4.78 is 0. The molecule has 5 heteroatoms. The first-order chi connectivity index (χ1) is 9.47. The van der Waals surface area contributed by atoms with Gasteiger partial charge < -0.3 is 19.9 Å². The van der Waals surface area contributed by atoms with E-state index in [1.807, 2.05) is 0 Å². The molecule has 0 amide bonds. The zero-order chi connectivity index (χ0) is 15.4. The molecule has 1 fully saturated rings. The third kappa shape index (κ3) is 11.2. The molecule has 1 rings (SSSR count). The minimum absolute atomic E-state index is 1.13. The van der Waals surface area contributed by atoms with Gasteiger partial charge in [0.15, 0.2) is 0 Å². The second kappa shape index (κ2) is 12.1. The summed E-state index contributed by atoms with van der Waals surface area (Å²) in [4.78, 5) is 13.6. The zero-order valence-electron chi connectivity index (χ0n) is 13.4. The maximum atomic E-state index is 9.34. The van der Waals surface area contributed by atoms with Gasteiger partial charge in [0.1, 0.15) is 6.67 Å². The number of quaternary nitrogens is 1. The van der Waals surface area contributed by atoms with Gasteiger partial charge >= 0.3 is 0 Å². The van der Waals surface area contributed by atoms with Gasteiger partial charge in [-0.2, -0.15) is 0 Å². The van der Waals surface area contributed by atoms with Gasteiger partial charge in [0, 0.05) is 6.54 Å². The van der Waals surface area contributed by atoms with Crippen LogP contribution in [-0.2, 0) is 4.79 Å². The molecular weight excluding hydrogens is 256 g/mol. The Morgan fingerprint density at radius 3 is 2.30 bits per heavy atom. The van der Waals surface area contributed by atoms with Gasteiger partial charge in [-0.1, -0.05) is 39.0 Å². The number of aliphatic carboxylic acids is 1. The molecule has 5 nitrogen and oxygen atoms in total. The second-order valence-electron chi connectivity index (χ2n) is 5.75. The van der Waals surface area contributed by atoms with Gasteiger partial charge in [0.25, 0.3) is 0 Å². The number of carboxylic acid groups (broad SMARTS) is 1. The molecule has 0 aromatic carbocycles. The number of carbonyl (C=O) groups is 1. The van der Waals surface area contributed by atoms with Crippen LogP contribution in [0.3, 0.4) is 0 Å². The van der Waals surface area contributed by atoms with E-state index in [-0.39, 0.29) is 0 Å². The highest BCUT2D eigenvalue weighted by molar-refractivity contribution is 5.68. The van der Waals surface area contributed by atoms with Gasteiger partial charge in [0.2, 0.25) is 0 Å². The number of nitrogens with one attached hydrogen (secondary N) is 1. The Morgan fingerprint density at radius 1 is 1.30 bits per heavy atom. The fourth-order valence-corrected chi connectivity index (χ4v) is 2.20. The number of rotatable bonds is 8. The van der Waals surface area contributed by atoms with Crippen molar-refractivity contribution in [1.82, 2.24) is 4.90 Å². The topological polar surface area (TPSA) is 68.0 Å². The third-order valence-corrected chi connectivity index (χ3v) is 3.52. The molecule has 0 aliphatic carbocycles. The zero-order valence-corrected chi connectivity index (χ0v) is 13.4. The van der Waals surface area contributed by atoms with E-state index in [9.17, 15) is 9.90 Å². The van der Waals surface area contributed by atoms with Crippen LogP contribution in [0.5, 0.6) is 0 Å². The maximum Gasteiger partial charge on any atom is 0.133 e. The van der Waals surface area contributed by atoms with Crippen LogP contribution >= 0.6 is 0 Å². The van der Waals surface area contributed by atoms with E-state index in [1.54, 1.807) is 4.90 Å². The summed E-state index contributed by atoms with van der Waals surface area (Å²) in [6, 6.07) is 0. The maximum absolute atomic E-state index is 9.34. The predicted octanol–water partition coefficient (Wildman–Crippen LogP) is -0.748. The summed E-state index contributed by atoms with van der Waals surface area (Å²) in [5, 5.41) is 17.3. The smallest absolute Gasteiger partial charge is 0.133 e. The molecule has 120 valence electrons. The number of aliphatic hydroxyl groups is 1. The van der Waals surface area contributed by atoms with Crippen molar-refractivity contribution in [3.8, 4) is 0 Å². The molecule has 0 bridgehead atoms. The SMILES string of the molecule is CC(O)C(=O)[O-].CCCCCCCCN1CC[NH+](C)C1. The van der Waals surface area contributed by atoms with Crippen molar-refractivity contribution in [2.24, 2.45) is 0 Å². The molecule has 2 unspecified atom stereocenters. The number of hydrogen-bond donors (Lipinski definition) is 2. The Morgan fingerprint density at radius 2 is 1.85 bits per heavy atom. The Kier molecular flexibility index (Phi) is 11.7. The minimum Gasteiger partial charge on any atom is -0.547 e. The normalized spacial score (nSPS) is 20.3. The molecule has 1 aliphatic rings. The molecule has 2 atom stereocenters. The number of unbranched alkanes of at least 4 members (excludes halogenated alkanes) is 5. The van der Waals surface area contributed by atoms with Crippen molar-refractivity contribution >= 4 is 5.97 Å². The lowest BCUT2D eigenvalue weighted by Crippen LogP contribution is -3.07. The number of nitrogens with zero attached hydrogens (tertiary/aromatic N) is 1. The fourth-order valence-electron chi connectivity index (χ4n) is 2.20. The van der Waals surface area contributed by atoms with Gasteiger partial charge in [-0.05, 0) is 13.3 Å². The average molecular weight is 288 g/mol. The number of aliphatic hydroxyl groups excluding tert-OH is 1. The first kappa shape index (κ1) is 19.4. The summed E-state index contributed by atoms with van der Waals surface area (Å²) in [5.74, 6) is -1.44. The van der Waals surface area contributed by atoms with Crippen LogP contribution < -0.4 is 10.0 Å². The van der Waals surface area contributed by atoms with Gasteiger partial charge in [-0.25, -0.2) is 0 Å². The largest absolute Gasteiger partial charge is 0.547 e. The molecular formula is C15H32N2O3. The van der Waals surface area contributed by atoms with E-state index < -0.39 is 12.1 Å². The van der Waals surface area contributed by atoms with Crippen molar-refractivity contribution in [3.63, 3.8) is 0 Å². The minimum atomic E-state index is -1.44. The van der Waals surface area contributed by atoms with Crippen LogP contribution in [0.15, 0.2) is 0 Å². The summed E-state index contributed by atoms with van der Waals surface area (Å²) in [6.45, 7) is 8.69. The number of carbonyl (C=O) groups excluding carboxylic acids is 1. The van der Waals surface area contributed by atoms with E-state index in [4.69, 9.17) is 5.11 Å². The lowest BCUT2D eigenvalue weighted by Gasteiger charge is -2.12. The molecule has 1 saturated heterocycles. The van der Waals surface area contributed by atoms with Crippen LogP contribution in [-0.4, -0.2) is 55.4 Å². The highest BCUT2D eigenvalue weighted by Crippen LogP contribution is 2.05. The highest BCUT2D eigenvalue weighted by Gasteiger charge is 2.18. The van der Waals surface area contributed by atoms with Gasteiger partial charge in [-0.3, -0.25) is 4.90 Å². The van der Waals surface area contributed by atoms with Crippen LogP contribution in [0.1, 0.15) is 52.4 Å². The third-order valence-electron chi connectivity index (χ3n) is 3.52. The summed E-state index contributed by atoms with van der Waals surface area (Å²) >= 11 is 0. The molecule has 1 aliphatic heterocycles. The molecule has 0 aromatic rings. The predicted molar refractivity (Wildman–Crippen MR) is 78.3 cm³/mol. The van der Waals surface area contributed by atoms with E-state index in [1.165, 1.54) is 64.8 Å². The van der Waals surface area contributed by atoms with Crippen molar-refractivity contribution in [2.75, 3.05) is 33.4 Å². The van der Waals surface area contributed by atoms with Crippen LogP contribution in [0.4, 0.5) is 0 Å².